The molecule has 0 aliphatic carbocycles. The Morgan fingerprint density at radius 2 is 1.94 bits per heavy atom. The molecule has 0 atom stereocenters. The SMILES string of the molecule is CCOC(=O)c1oc(-c2nc(C)oc2C)nc1C. The molecular formula is C12H14N2O4. The highest BCUT2D eigenvalue weighted by molar-refractivity contribution is 5.87. The van der Waals surface area contributed by atoms with E-state index in [1.807, 2.05) is 0 Å². The Balaban J connectivity index is 2.40. The van der Waals surface area contributed by atoms with Gasteiger partial charge in [-0.2, -0.15) is 0 Å². The summed E-state index contributed by atoms with van der Waals surface area (Å²) in [5.74, 6) is 0.976. The van der Waals surface area contributed by atoms with Gasteiger partial charge >= 0.3 is 5.97 Å². The monoisotopic (exact) mass is 250 g/mol. The minimum atomic E-state index is -0.522. The van der Waals surface area contributed by atoms with Crippen LogP contribution in [0.5, 0.6) is 0 Å². The van der Waals surface area contributed by atoms with Gasteiger partial charge in [0.1, 0.15) is 5.76 Å². The lowest BCUT2D eigenvalue weighted by Gasteiger charge is -1.97. The van der Waals surface area contributed by atoms with Gasteiger partial charge in [-0.05, 0) is 20.8 Å². The van der Waals surface area contributed by atoms with Gasteiger partial charge in [0, 0.05) is 6.92 Å². The van der Waals surface area contributed by atoms with Crippen molar-refractivity contribution >= 4 is 5.97 Å². The Hall–Kier alpha value is -2.11. The van der Waals surface area contributed by atoms with Crippen molar-refractivity contribution in [3.8, 4) is 11.6 Å². The van der Waals surface area contributed by atoms with E-state index in [0.29, 0.717) is 23.0 Å². The van der Waals surface area contributed by atoms with Crippen LogP contribution in [0.1, 0.15) is 34.8 Å². The molecule has 18 heavy (non-hydrogen) atoms. The van der Waals surface area contributed by atoms with E-state index in [-0.39, 0.29) is 18.3 Å². The predicted octanol–water partition coefficient (Wildman–Crippen LogP) is 2.43. The standard InChI is InChI=1S/C12H14N2O4/c1-5-16-12(15)10-6(2)13-11(18-10)9-7(3)17-8(4)14-9/h5H2,1-4H3. The molecule has 0 fully saturated rings. The van der Waals surface area contributed by atoms with E-state index in [0.717, 1.165) is 0 Å². The minimum Gasteiger partial charge on any atom is -0.460 e. The molecule has 0 aromatic carbocycles. The molecule has 0 N–H and O–H groups in total. The van der Waals surface area contributed by atoms with Crippen LogP contribution in [0, 0.1) is 20.8 Å². The van der Waals surface area contributed by atoms with Crippen LogP contribution < -0.4 is 0 Å². The lowest BCUT2D eigenvalue weighted by molar-refractivity contribution is 0.0490. The molecule has 2 heterocycles. The van der Waals surface area contributed by atoms with Crippen molar-refractivity contribution in [3.63, 3.8) is 0 Å². The third-order valence-corrected chi connectivity index (χ3v) is 2.36. The molecule has 0 bridgehead atoms. The summed E-state index contributed by atoms with van der Waals surface area (Å²) < 4.78 is 15.6. The Morgan fingerprint density at radius 3 is 2.50 bits per heavy atom. The van der Waals surface area contributed by atoms with E-state index in [1.165, 1.54) is 0 Å². The first kappa shape index (κ1) is 12.3. The average Bonchev–Trinajstić information content (AvgIpc) is 2.82. The van der Waals surface area contributed by atoms with E-state index in [1.54, 1.807) is 27.7 Å². The molecule has 0 radical (unpaired) electrons. The molecule has 6 nitrogen and oxygen atoms in total. The number of ether oxygens (including phenoxy) is 1. The molecule has 2 rings (SSSR count). The molecule has 0 aliphatic rings. The first-order chi connectivity index (χ1) is 8.52. The summed E-state index contributed by atoms with van der Waals surface area (Å²) in [4.78, 5) is 19.9. The van der Waals surface area contributed by atoms with Crippen LogP contribution in [0.4, 0.5) is 0 Å². The number of oxazole rings is 2. The maximum absolute atomic E-state index is 11.6. The van der Waals surface area contributed by atoms with Gasteiger partial charge in [-0.1, -0.05) is 0 Å². The number of rotatable bonds is 3. The van der Waals surface area contributed by atoms with Crippen molar-refractivity contribution in [2.45, 2.75) is 27.7 Å². The van der Waals surface area contributed by atoms with E-state index in [9.17, 15) is 4.79 Å². The number of hydrogen-bond donors (Lipinski definition) is 0. The molecule has 0 saturated heterocycles. The molecule has 6 heteroatoms. The second kappa shape index (κ2) is 4.64. The second-order valence-electron chi connectivity index (χ2n) is 3.79. The Morgan fingerprint density at radius 1 is 1.22 bits per heavy atom. The molecule has 2 aromatic heterocycles. The minimum absolute atomic E-state index is 0.104. The van der Waals surface area contributed by atoms with Gasteiger partial charge in [-0.25, -0.2) is 14.8 Å². The quantitative estimate of drug-likeness (QED) is 0.778. The fourth-order valence-corrected chi connectivity index (χ4v) is 1.61. The zero-order valence-electron chi connectivity index (χ0n) is 10.7. The van der Waals surface area contributed by atoms with Gasteiger partial charge in [0.05, 0.1) is 12.3 Å². The van der Waals surface area contributed by atoms with E-state index in [2.05, 4.69) is 9.97 Å². The summed E-state index contributed by atoms with van der Waals surface area (Å²) in [6, 6.07) is 0. The number of carbonyl (C=O) groups is 1. The van der Waals surface area contributed by atoms with Crippen molar-refractivity contribution in [2.75, 3.05) is 6.61 Å². The smallest absolute Gasteiger partial charge is 0.376 e. The fraction of sp³-hybridized carbons (Fsp3) is 0.417. The summed E-state index contributed by atoms with van der Waals surface area (Å²) in [7, 11) is 0. The summed E-state index contributed by atoms with van der Waals surface area (Å²) in [6.07, 6.45) is 0. The number of esters is 1. The molecule has 0 amide bonds. The zero-order chi connectivity index (χ0) is 13.3. The average molecular weight is 250 g/mol. The van der Waals surface area contributed by atoms with Crippen LogP contribution in [-0.4, -0.2) is 22.5 Å². The van der Waals surface area contributed by atoms with Crippen molar-refractivity contribution in [1.29, 1.82) is 0 Å². The first-order valence-electron chi connectivity index (χ1n) is 5.61. The summed E-state index contributed by atoms with van der Waals surface area (Å²) >= 11 is 0. The molecule has 0 aliphatic heterocycles. The molecule has 0 saturated carbocycles. The molecular weight excluding hydrogens is 236 g/mol. The van der Waals surface area contributed by atoms with Crippen LogP contribution in [-0.2, 0) is 4.74 Å². The third-order valence-electron chi connectivity index (χ3n) is 2.36. The molecule has 2 aromatic rings. The van der Waals surface area contributed by atoms with Crippen LogP contribution >= 0.6 is 0 Å². The third kappa shape index (κ3) is 2.13. The van der Waals surface area contributed by atoms with Crippen molar-refractivity contribution < 1.29 is 18.4 Å². The normalized spacial score (nSPS) is 10.7. The lowest BCUT2D eigenvalue weighted by atomic mass is 10.3. The summed E-state index contributed by atoms with van der Waals surface area (Å²) in [5.41, 5.74) is 0.981. The topological polar surface area (TPSA) is 78.4 Å². The van der Waals surface area contributed by atoms with E-state index >= 15 is 0 Å². The highest BCUT2D eigenvalue weighted by atomic mass is 16.5. The Labute approximate surface area is 104 Å². The van der Waals surface area contributed by atoms with Crippen LogP contribution in [0.3, 0.4) is 0 Å². The molecule has 0 unspecified atom stereocenters. The van der Waals surface area contributed by atoms with E-state index in [4.69, 9.17) is 13.6 Å². The van der Waals surface area contributed by atoms with Crippen LogP contribution in [0.25, 0.3) is 11.6 Å². The predicted molar refractivity (Wildman–Crippen MR) is 62.2 cm³/mol. The van der Waals surface area contributed by atoms with Gasteiger partial charge < -0.3 is 13.6 Å². The maximum Gasteiger partial charge on any atom is 0.376 e. The highest BCUT2D eigenvalue weighted by Crippen LogP contribution is 2.25. The summed E-state index contributed by atoms with van der Waals surface area (Å²) in [5, 5.41) is 0. The van der Waals surface area contributed by atoms with Crippen molar-refractivity contribution in [1.82, 2.24) is 9.97 Å². The van der Waals surface area contributed by atoms with Crippen molar-refractivity contribution in [3.05, 3.63) is 23.1 Å². The number of nitrogens with zero attached hydrogens (tertiary/aromatic N) is 2. The van der Waals surface area contributed by atoms with Crippen molar-refractivity contribution in [2.24, 2.45) is 0 Å². The van der Waals surface area contributed by atoms with Gasteiger partial charge in [-0.15, -0.1) is 0 Å². The van der Waals surface area contributed by atoms with Gasteiger partial charge in [0.25, 0.3) is 0 Å². The van der Waals surface area contributed by atoms with E-state index < -0.39 is 5.97 Å². The molecule has 0 spiro atoms. The fourth-order valence-electron chi connectivity index (χ4n) is 1.61. The summed E-state index contributed by atoms with van der Waals surface area (Å²) in [6.45, 7) is 7.20. The second-order valence-corrected chi connectivity index (χ2v) is 3.79. The zero-order valence-corrected chi connectivity index (χ0v) is 10.7. The van der Waals surface area contributed by atoms with Gasteiger partial charge in [0.15, 0.2) is 11.6 Å². The number of aromatic nitrogens is 2. The number of aryl methyl sites for hydroxylation is 3. The number of hydrogen-bond acceptors (Lipinski definition) is 6. The Bertz CT molecular complexity index is 583. The first-order valence-corrected chi connectivity index (χ1v) is 5.61. The lowest BCUT2D eigenvalue weighted by Crippen LogP contribution is -2.04. The largest absolute Gasteiger partial charge is 0.460 e. The maximum atomic E-state index is 11.6. The number of carbonyl (C=O) groups excluding carboxylic acids is 1. The Kier molecular flexibility index (Phi) is 3.18. The molecule has 96 valence electrons. The van der Waals surface area contributed by atoms with Gasteiger partial charge in [0.2, 0.25) is 11.7 Å². The highest BCUT2D eigenvalue weighted by Gasteiger charge is 2.22. The van der Waals surface area contributed by atoms with Crippen LogP contribution in [0.15, 0.2) is 8.83 Å². The van der Waals surface area contributed by atoms with Crippen LogP contribution in [0.2, 0.25) is 0 Å². The van der Waals surface area contributed by atoms with Gasteiger partial charge in [-0.3, -0.25) is 0 Å².